The molecule has 4 heterocycles. The van der Waals surface area contributed by atoms with Crippen molar-refractivity contribution in [1.82, 2.24) is 30.3 Å². The molecule has 4 rings (SSSR count). The van der Waals surface area contributed by atoms with Crippen molar-refractivity contribution in [2.24, 2.45) is 0 Å². The van der Waals surface area contributed by atoms with E-state index in [0.29, 0.717) is 18.2 Å². The number of carbonyl (C=O) groups is 1. The van der Waals surface area contributed by atoms with Gasteiger partial charge in [-0.3, -0.25) is 20.0 Å². The van der Waals surface area contributed by atoms with Gasteiger partial charge in [0.1, 0.15) is 5.69 Å². The Morgan fingerprint density at radius 3 is 3.00 bits per heavy atom. The molecule has 7 heteroatoms. The number of nitrogens with zero attached hydrogens (tertiary/aromatic N) is 4. The largest absolute Gasteiger partial charge is 0.337 e. The summed E-state index contributed by atoms with van der Waals surface area (Å²) < 4.78 is 0. The number of hydrogen-bond acceptors (Lipinski definition) is 4. The van der Waals surface area contributed by atoms with Crippen LogP contribution in [0.25, 0.3) is 11.3 Å². The second kappa shape index (κ2) is 6.27. The molecule has 1 aliphatic rings. The Bertz CT molecular complexity index is 811. The van der Waals surface area contributed by atoms with Gasteiger partial charge in [-0.1, -0.05) is 0 Å². The van der Waals surface area contributed by atoms with Crippen molar-refractivity contribution in [2.45, 2.75) is 18.8 Å². The van der Waals surface area contributed by atoms with E-state index < -0.39 is 0 Å². The number of rotatable bonds is 3. The molecule has 24 heavy (non-hydrogen) atoms. The predicted octanol–water partition coefficient (Wildman–Crippen LogP) is 2.21. The van der Waals surface area contributed by atoms with Crippen molar-refractivity contribution in [2.75, 3.05) is 13.1 Å². The van der Waals surface area contributed by atoms with Crippen molar-refractivity contribution in [3.05, 3.63) is 54.2 Å². The van der Waals surface area contributed by atoms with Gasteiger partial charge in [-0.15, -0.1) is 0 Å². The summed E-state index contributed by atoms with van der Waals surface area (Å²) in [5.74, 6) is 0.299. The minimum absolute atomic E-state index is 0.0122. The third-order valence-electron chi connectivity index (χ3n) is 4.44. The number of pyridine rings is 1. The number of hydrogen-bond donors (Lipinski definition) is 2. The van der Waals surface area contributed by atoms with E-state index in [9.17, 15) is 4.79 Å². The van der Waals surface area contributed by atoms with E-state index in [0.717, 1.165) is 36.3 Å². The molecule has 0 unspecified atom stereocenters. The predicted molar refractivity (Wildman–Crippen MR) is 88.3 cm³/mol. The SMILES string of the molecule is O=C(c1cc(-c2cccnc2)n[nH]1)N1CCC[C@@H](c2ccn[nH]2)C1. The van der Waals surface area contributed by atoms with E-state index in [1.807, 2.05) is 23.1 Å². The summed E-state index contributed by atoms with van der Waals surface area (Å²) >= 11 is 0. The lowest BCUT2D eigenvalue weighted by molar-refractivity contribution is 0.0700. The van der Waals surface area contributed by atoms with Crippen LogP contribution in [0, 0.1) is 0 Å². The maximum absolute atomic E-state index is 12.8. The maximum atomic E-state index is 12.8. The lowest BCUT2D eigenvalue weighted by atomic mass is 9.95. The number of carbonyl (C=O) groups excluding carboxylic acids is 1. The number of H-pyrrole nitrogens is 2. The van der Waals surface area contributed by atoms with Gasteiger partial charge in [0.05, 0.1) is 5.69 Å². The number of aromatic nitrogens is 5. The van der Waals surface area contributed by atoms with Crippen LogP contribution in [-0.2, 0) is 0 Å². The third kappa shape index (κ3) is 2.80. The Hall–Kier alpha value is -2.96. The zero-order valence-electron chi connectivity index (χ0n) is 13.1. The zero-order valence-corrected chi connectivity index (χ0v) is 13.1. The summed E-state index contributed by atoms with van der Waals surface area (Å²) in [7, 11) is 0. The van der Waals surface area contributed by atoms with Crippen LogP contribution in [0.1, 0.15) is 34.9 Å². The zero-order chi connectivity index (χ0) is 16.4. The van der Waals surface area contributed by atoms with E-state index in [4.69, 9.17) is 0 Å². The first-order valence-corrected chi connectivity index (χ1v) is 8.05. The van der Waals surface area contributed by atoms with Crippen LogP contribution < -0.4 is 0 Å². The second-order valence-electron chi connectivity index (χ2n) is 6.01. The van der Waals surface area contributed by atoms with E-state index in [2.05, 4.69) is 25.4 Å². The van der Waals surface area contributed by atoms with Crippen LogP contribution in [0.4, 0.5) is 0 Å². The lowest BCUT2D eigenvalue weighted by Gasteiger charge is -2.31. The summed E-state index contributed by atoms with van der Waals surface area (Å²) in [4.78, 5) is 18.7. The summed E-state index contributed by atoms with van der Waals surface area (Å²) in [6.45, 7) is 1.47. The molecule has 122 valence electrons. The number of amides is 1. The minimum atomic E-state index is -0.0122. The van der Waals surface area contributed by atoms with E-state index >= 15 is 0 Å². The molecule has 1 fully saturated rings. The fraction of sp³-hybridized carbons (Fsp3) is 0.294. The Morgan fingerprint density at radius 2 is 2.21 bits per heavy atom. The minimum Gasteiger partial charge on any atom is -0.337 e. The van der Waals surface area contributed by atoms with E-state index in [1.165, 1.54) is 0 Å². The molecule has 3 aromatic heterocycles. The van der Waals surface area contributed by atoms with Gasteiger partial charge in [0.15, 0.2) is 0 Å². The third-order valence-corrected chi connectivity index (χ3v) is 4.44. The van der Waals surface area contributed by atoms with Gasteiger partial charge >= 0.3 is 0 Å². The van der Waals surface area contributed by atoms with E-state index in [-0.39, 0.29) is 5.91 Å². The fourth-order valence-corrected chi connectivity index (χ4v) is 3.17. The highest BCUT2D eigenvalue weighted by molar-refractivity contribution is 5.93. The first kappa shape index (κ1) is 14.6. The van der Waals surface area contributed by atoms with E-state index in [1.54, 1.807) is 24.7 Å². The molecule has 0 saturated carbocycles. The van der Waals surface area contributed by atoms with Gasteiger partial charge in [-0.2, -0.15) is 10.2 Å². The lowest BCUT2D eigenvalue weighted by Crippen LogP contribution is -2.39. The van der Waals surface area contributed by atoms with Crippen molar-refractivity contribution in [1.29, 1.82) is 0 Å². The van der Waals surface area contributed by atoms with Crippen molar-refractivity contribution >= 4 is 5.91 Å². The van der Waals surface area contributed by atoms with Gasteiger partial charge in [0, 0.05) is 48.9 Å². The molecule has 1 amide bonds. The highest BCUT2D eigenvalue weighted by atomic mass is 16.2. The Balaban J connectivity index is 1.50. The van der Waals surface area contributed by atoms with Crippen LogP contribution in [0.2, 0.25) is 0 Å². The fourth-order valence-electron chi connectivity index (χ4n) is 3.17. The smallest absolute Gasteiger partial charge is 0.271 e. The average Bonchev–Trinajstić information content (AvgIpc) is 3.34. The molecular formula is C17H18N6O. The maximum Gasteiger partial charge on any atom is 0.271 e. The topological polar surface area (TPSA) is 90.6 Å². The normalized spacial score (nSPS) is 17.8. The quantitative estimate of drug-likeness (QED) is 0.773. The molecule has 1 aliphatic heterocycles. The summed E-state index contributed by atoms with van der Waals surface area (Å²) in [6, 6.07) is 7.55. The second-order valence-corrected chi connectivity index (χ2v) is 6.01. The van der Waals surface area contributed by atoms with Gasteiger partial charge in [0.25, 0.3) is 5.91 Å². The molecule has 0 aromatic carbocycles. The van der Waals surface area contributed by atoms with Gasteiger partial charge in [0.2, 0.25) is 0 Å². The Morgan fingerprint density at radius 1 is 1.25 bits per heavy atom. The van der Waals surface area contributed by atoms with Crippen molar-refractivity contribution in [3.8, 4) is 11.3 Å². The standard InChI is InChI=1S/C17H18N6O/c24-17(16-9-15(21-22-16)12-3-1-6-18-10-12)23-8-2-4-13(11-23)14-5-7-19-20-14/h1,3,5-7,9-10,13H,2,4,8,11H2,(H,19,20)(H,21,22)/t13-/m1/s1. The summed E-state index contributed by atoms with van der Waals surface area (Å²) in [5.41, 5.74) is 3.22. The first-order chi connectivity index (χ1) is 11.8. The van der Waals surface area contributed by atoms with Gasteiger partial charge < -0.3 is 4.90 Å². The van der Waals surface area contributed by atoms with Crippen LogP contribution in [0.3, 0.4) is 0 Å². The van der Waals surface area contributed by atoms with Crippen LogP contribution in [0.15, 0.2) is 42.9 Å². The van der Waals surface area contributed by atoms with Crippen LogP contribution >= 0.6 is 0 Å². The Labute approximate surface area is 139 Å². The highest BCUT2D eigenvalue weighted by Gasteiger charge is 2.27. The summed E-state index contributed by atoms with van der Waals surface area (Å²) in [6.07, 6.45) is 7.26. The van der Waals surface area contributed by atoms with Crippen molar-refractivity contribution in [3.63, 3.8) is 0 Å². The molecule has 7 nitrogen and oxygen atoms in total. The molecule has 0 spiro atoms. The molecule has 1 saturated heterocycles. The van der Waals surface area contributed by atoms with Gasteiger partial charge in [-0.25, -0.2) is 0 Å². The average molecular weight is 322 g/mol. The molecule has 2 N–H and O–H groups in total. The number of aromatic amines is 2. The molecule has 0 aliphatic carbocycles. The van der Waals surface area contributed by atoms with Gasteiger partial charge in [-0.05, 0) is 37.1 Å². The summed E-state index contributed by atoms with van der Waals surface area (Å²) in [5, 5.41) is 14.1. The molecule has 3 aromatic rings. The molecule has 0 bridgehead atoms. The first-order valence-electron chi connectivity index (χ1n) is 8.05. The highest BCUT2D eigenvalue weighted by Crippen LogP contribution is 2.26. The monoisotopic (exact) mass is 322 g/mol. The number of likely N-dealkylation sites (tertiary alicyclic amines) is 1. The van der Waals surface area contributed by atoms with Crippen molar-refractivity contribution < 1.29 is 4.79 Å². The Kier molecular flexibility index (Phi) is 3.82. The number of nitrogens with one attached hydrogen (secondary N) is 2. The number of piperidine rings is 1. The van der Waals surface area contributed by atoms with Crippen LogP contribution in [-0.4, -0.2) is 49.3 Å². The molecular weight excluding hydrogens is 304 g/mol. The molecule has 1 atom stereocenters. The molecule has 0 radical (unpaired) electrons. The van der Waals surface area contributed by atoms with Crippen LogP contribution in [0.5, 0.6) is 0 Å².